The third-order valence-corrected chi connectivity index (χ3v) is 5.47. The summed E-state index contributed by atoms with van der Waals surface area (Å²) < 4.78 is 21.4. The molecule has 1 N–H and O–H groups in total. The molecule has 0 aromatic rings. The quantitative estimate of drug-likeness (QED) is 0.0882. The summed E-state index contributed by atoms with van der Waals surface area (Å²) in [6.07, 6.45) is 2.99. The van der Waals surface area contributed by atoms with Crippen molar-refractivity contribution in [2.75, 3.05) is 34.1 Å². The Morgan fingerprint density at radius 1 is 1.03 bits per heavy atom. The van der Waals surface area contributed by atoms with E-state index >= 15 is 0 Å². The molecule has 2 amide bonds. The second-order valence-electron chi connectivity index (χ2n) is 9.44. The van der Waals surface area contributed by atoms with E-state index in [0.717, 1.165) is 0 Å². The van der Waals surface area contributed by atoms with Crippen LogP contribution in [0.5, 0.6) is 0 Å². The number of Topliss-reactive ketones (excluding diaryl/α,β-unsaturated/α-hetero) is 1. The third-order valence-electron chi connectivity index (χ3n) is 4.21. The topological polar surface area (TPSA) is 138 Å². The van der Waals surface area contributed by atoms with Gasteiger partial charge >= 0.3 is 5.97 Å². The monoisotopic (exact) mass is 504 g/mol. The first-order valence-corrected chi connectivity index (χ1v) is 11.8. The molecule has 0 saturated carbocycles. The molecule has 0 aliphatic carbocycles. The van der Waals surface area contributed by atoms with Crippen LogP contribution in [0, 0.1) is 10.8 Å². The van der Waals surface area contributed by atoms with Gasteiger partial charge in [0.1, 0.15) is 0 Å². The molecule has 0 fully saturated rings. The van der Waals surface area contributed by atoms with Crippen LogP contribution in [-0.2, 0) is 42.5 Å². The van der Waals surface area contributed by atoms with Crippen LogP contribution >= 0.6 is 8.38 Å². The maximum Gasteiger partial charge on any atom is 0.313 e. The van der Waals surface area contributed by atoms with E-state index in [2.05, 4.69) is 0 Å². The van der Waals surface area contributed by atoms with Gasteiger partial charge in [0.05, 0.1) is 18.1 Å². The van der Waals surface area contributed by atoms with Gasteiger partial charge in [-0.3, -0.25) is 33.8 Å². The average Bonchev–Trinajstić information content (AvgIpc) is 2.74. The van der Waals surface area contributed by atoms with Gasteiger partial charge in [-0.2, -0.15) is 0 Å². The molecular weight excluding hydrogens is 467 g/mol. The molecule has 34 heavy (non-hydrogen) atoms. The average molecular weight is 505 g/mol. The maximum absolute atomic E-state index is 12.7. The van der Waals surface area contributed by atoms with Crippen LogP contribution in [-0.4, -0.2) is 74.7 Å². The highest BCUT2D eigenvalue weighted by Gasteiger charge is 2.36. The van der Waals surface area contributed by atoms with Crippen LogP contribution in [0.4, 0.5) is 0 Å². The molecule has 2 unspecified atom stereocenters. The number of hydrogen-bond donors (Lipinski definition) is 1. The lowest BCUT2D eigenvalue weighted by Crippen LogP contribution is -2.30. The molecular formula is C22H37N2O9P. The molecule has 0 aromatic carbocycles. The minimum Gasteiger partial charge on any atom is -0.438 e. The fourth-order valence-corrected chi connectivity index (χ4v) is 3.31. The molecule has 0 rings (SSSR count). The summed E-state index contributed by atoms with van der Waals surface area (Å²) in [5.74, 6) is -1.73. The Balaban J connectivity index is 5.04. The van der Waals surface area contributed by atoms with Crippen molar-refractivity contribution in [3.05, 3.63) is 12.3 Å². The summed E-state index contributed by atoms with van der Waals surface area (Å²) in [5.41, 5.74) is -2.52. The summed E-state index contributed by atoms with van der Waals surface area (Å²) in [6, 6.07) is 0. The van der Waals surface area contributed by atoms with Crippen LogP contribution in [0.15, 0.2) is 12.3 Å². The Labute approximate surface area is 202 Å². The lowest BCUT2D eigenvalue weighted by Gasteiger charge is -2.24. The van der Waals surface area contributed by atoms with E-state index in [0.29, 0.717) is 19.4 Å². The van der Waals surface area contributed by atoms with Crippen molar-refractivity contribution < 1.29 is 42.5 Å². The number of hydrogen-bond acceptors (Lipinski definition) is 10. The van der Waals surface area contributed by atoms with Crippen molar-refractivity contribution in [3.8, 4) is 0 Å². The van der Waals surface area contributed by atoms with Crippen molar-refractivity contribution in [2.24, 2.45) is 10.8 Å². The van der Waals surface area contributed by atoms with Gasteiger partial charge in [-0.05, 0) is 27.2 Å². The number of rotatable bonds is 15. The summed E-state index contributed by atoms with van der Waals surface area (Å²) in [5, 5.41) is 1.99. The van der Waals surface area contributed by atoms with Gasteiger partial charge in [-0.25, -0.2) is 0 Å². The lowest BCUT2D eigenvalue weighted by atomic mass is 9.92. The van der Waals surface area contributed by atoms with Gasteiger partial charge in [0.25, 0.3) is 19.8 Å². The smallest absolute Gasteiger partial charge is 0.313 e. The van der Waals surface area contributed by atoms with E-state index in [1.54, 1.807) is 53.5 Å². The fraction of sp³-hybridized carbons (Fsp3) is 0.682. The number of nitrogens with zero attached hydrogens (tertiary/aromatic N) is 1. The number of nitrogens with one attached hydrogen (secondary N) is 1. The zero-order valence-corrected chi connectivity index (χ0v) is 22.1. The Bertz CT molecular complexity index is 742. The zero-order chi connectivity index (χ0) is 26.5. The molecule has 12 heteroatoms. The first-order valence-electron chi connectivity index (χ1n) is 10.6. The number of ether oxygens (including phenoxy) is 2. The second kappa shape index (κ2) is 14.9. The maximum atomic E-state index is 12.7. The van der Waals surface area contributed by atoms with Crippen LogP contribution in [0.1, 0.15) is 48.0 Å². The van der Waals surface area contributed by atoms with Gasteiger partial charge in [-0.1, -0.05) is 20.8 Å². The Hall–Kier alpha value is -2.20. The Morgan fingerprint density at radius 2 is 1.65 bits per heavy atom. The van der Waals surface area contributed by atoms with Gasteiger partial charge in [-0.15, -0.1) is 0 Å². The number of carbonyl (C=O) groups is 5. The summed E-state index contributed by atoms with van der Waals surface area (Å²) in [6.45, 7) is 9.72. The SMILES string of the molecule is COC(CCN(C)/C=C\C(=O)NC=O)COP(OCOC(=O)C(C)(C)C)C(=O)C(=O)C(C)(C)C. The molecule has 0 aliphatic rings. The minimum atomic E-state index is -2.34. The van der Waals surface area contributed by atoms with Crippen molar-refractivity contribution >= 4 is 38.0 Å². The van der Waals surface area contributed by atoms with E-state index in [4.69, 9.17) is 18.5 Å². The zero-order valence-electron chi connectivity index (χ0n) is 21.2. The van der Waals surface area contributed by atoms with E-state index in [-0.39, 0.29) is 6.61 Å². The molecule has 0 aromatic heterocycles. The van der Waals surface area contributed by atoms with Crippen LogP contribution in [0.2, 0.25) is 0 Å². The Kier molecular flexibility index (Phi) is 14.0. The molecule has 2 atom stereocenters. The number of esters is 1. The summed E-state index contributed by atoms with van der Waals surface area (Å²) >= 11 is 0. The highest BCUT2D eigenvalue weighted by molar-refractivity contribution is 7.69. The molecule has 0 heterocycles. The van der Waals surface area contributed by atoms with E-state index < -0.39 is 55.3 Å². The van der Waals surface area contributed by atoms with E-state index in [9.17, 15) is 24.0 Å². The molecule has 0 spiro atoms. The van der Waals surface area contributed by atoms with Crippen LogP contribution in [0.25, 0.3) is 0 Å². The summed E-state index contributed by atoms with van der Waals surface area (Å²) in [4.78, 5) is 60.3. The third kappa shape index (κ3) is 12.9. The Morgan fingerprint density at radius 3 is 2.15 bits per heavy atom. The molecule has 0 saturated heterocycles. The van der Waals surface area contributed by atoms with Crippen molar-refractivity contribution in [2.45, 2.75) is 54.1 Å². The van der Waals surface area contributed by atoms with Crippen molar-refractivity contribution in [1.82, 2.24) is 10.2 Å². The number of amides is 2. The standard InChI is InChI=1S/C22H37N2O9P/c1-21(2,3)18(27)19(28)34(33-15-31-20(29)22(4,5)6)32-13-16(30-8)9-11-24(7)12-10-17(26)23-14-25/h10,12,14,16H,9,11,13,15H2,1-8H3,(H,23,25,26)/b12-10-. The highest BCUT2D eigenvalue weighted by Crippen LogP contribution is 2.42. The largest absolute Gasteiger partial charge is 0.438 e. The normalized spacial score (nSPS) is 13.8. The molecule has 0 radical (unpaired) electrons. The number of carbonyl (C=O) groups excluding carboxylic acids is 5. The van der Waals surface area contributed by atoms with E-state index in [1.807, 2.05) is 5.32 Å². The predicted octanol–water partition coefficient (Wildman–Crippen LogP) is 2.14. The first kappa shape index (κ1) is 31.8. The predicted molar refractivity (Wildman–Crippen MR) is 125 cm³/mol. The fourth-order valence-electron chi connectivity index (χ4n) is 2.05. The van der Waals surface area contributed by atoms with Crippen LogP contribution in [0.3, 0.4) is 0 Å². The first-order chi connectivity index (χ1) is 15.6. The molecule has 0 bridgehead atoms. The molecule has 11 nitrogen and oxygen atoms in total. The van der Waals surface area contributed by atoms with Crippen LogP contribution < -0.4 is 5.32 Å². The summed E-state index contributed by atoms with van der Waals surface area (Å²) in [7, 11) is 0.860. The van der Waals surface area contributed by atoms with Crippen molar-refractivity contribution in [3.63, 3.8) is 0 Å². The number of imide groups is 1. The number of ketones is 1. The second-order valence-corrected chi connectivity index (χ2v) is 10.9. The van der Waals surface area contributed by atoms with E-state index in [1.165, 1.54) is 19.4 Å². The lowest BCUT2D eigenvalue weighted by molar-refractivity contribution is -0.160. The van der Waals surface area contributed by atoms with Gasteiger partial charge < -0.3 is 18.9 Å². The molecule has 194 valence electrons. The minimum absolute atomic E-state index is 0.0538. The molecule has 0 aliphatic heterocycles. The van der Waals surface area contributed by atoms with Crippen molar-refractivity contribution in [1.29, 1.82) is 0 Å². The van der Waals surface area contributed by atoms with Gasteiger partial charge in [0.2, 0.25) is 12.2 Å². The van der Waals surface area contributed by atoms with Gasteiger partial charge in [0, 0.05) is 38.4 Å². The number of methoxy groups -OCH3 is 1. The highest BCUT2D eigenvalue weighted by atomic mass is 31.2. The van der Waals surface area contributed by atoms with Gasteiger partial charge in [0.15, 0.2) is 6.79 Å².